The van der Waals surface area contributed by atoms with E-state index in [4.69, 9.17) is 0 Å². The molecule has 1 aromatic heterocycles. The van der Waals surface area contributed by atoms with Gasteiger partial charge >= 0.3 is 0 Å². The number of likely N-dealkylation sites (N-methyl/N-ethyl adjacent to an activating group) is 1. The molecule has 0 bridgehead atoms. The standard InChI is InChI=1S/C16H22FN3/c1-5-20-16(9-12(3)19-20)15(18-4)10-13-6-7-14(17)8-11(13)2/h6-9,15,18H,5,10H2,1-4H3. The maximum atomic E-state index is 13.2. The molecule has 0 aliphatic rings. The van der Waals surface area contributed by atoms with Gasteiger partial charge in [-0.2, -0.15) is 5.10 Å². The van der Waals surface area contributed by atoms with E-state index >= 15 is 0 Å². The van der Waals surface area contributed by atoms with Crippen LogP contribution in [-0.4, -0.2) is 16.8 Å². The van der Waals surface area contributed by atoms with Gasteiger partial charge in [0, 0.05) is 6.54 Å². The van der Waals surface area contributed by atoms with Crippen LogP contribution < -0.4 is 5.32 Å². The minimum absolute atomic E-state index is 0.179. The van der Waals surface area contributed by atoms with E-state index in [1.807, 2.05) is 31.6 Å². The smallest absolute Gasteiger partial charge is 0.123 e. The predicted octanol–water partition coefficient (Wildman–Crippen LogP) is 3.16. The van der Waals surface area contributed by atoms with Crippen LogP contribution in [0, 0.1) is 19.7 Å². The van der Waals surface area contributed by atoms with Crippen LogP contribution in [0.2, 0.25) is 0 Å². The van der Waals surface area contributed by atoms with Gasteiger partial charge in [0.15, 0.2) is 0 Å². The molecule has 0 aliphatic heterocycles. The zero-order valence-electron chi connectivity index (χ0n) is 12.6. The first-order valence-electron chi connectivity index (χ1n) is 7.01. The lowest BCUT2D eigenvalue weighted by molar-refractivity contribution is 0.511. The molecule has 2 rings (SSSR count). The highest BCUT2D eigenvalue weighted by Gasteiger charge is 2.16. The van der Waals surface area contributed by atoms with Crippen LogP contribution in [0.25, 0.3) is 0 Å². The monoisotopic (exact) mass is 275 g/mol. The fraction of sp³-hybridized carbons (Fsp3) is 0.438. The fourth-order valence-electron chi connectivity index (χ4n) is 2.56. The van der Waals surface area contributed by atoms with Crippen molar-refractivity contribution in [3.63, 3.8) is 0 Å². The second-order valence-corrected chi connectivity index (χ2v) is 5.14. The van der Waals surface area contributed by atoms with E-state index < -0.39 is 0 Å². The molecule has 1 atom stereocenters. The first-order chi connectivity index (χ1) is 9.55. The van der Waals surface area contributed by atoms with E-state index in [1.54, 1.807) is 6.07 Å². The average Bonchev–Trinajstić information content (AvgIpc) is 2.79. The maximum absolute atomic E-state index is 13.2. The third-order valence-corrected chi connectivity index (χ3v) is 3.67. The molecule has 1 aromatic carbocycles. The minimum Gasteiger partial charge on any atom is -0.311 e. The van der Waals surface area contributed by atoms with Crippen molar-refractivity contribution in [3.05, 3.63) is 52.6 Å². The summed E-state index contributed by atoms with van der Waals surface area (Å²) in [5, 5.41) is 7.83. The summed E-state index contributed by atoms with van der Waals surface area (Å²) in [6.07, 6.45) is 0.827. The number of hydrogen-bond acceptors (Lipinski definition) is 2. The van der Waals surface area contributed by atoms with Gasteiger partial charge in [0.2, 0.25) is 0 Å². The van der Waals surface area contributed by atoms with Crippen LogP contribution in [0.3, 0.4) is 0 Å². The average molecular weight is 275 g/mol. The van der Waals surface area contributed by atoms with Gasteiger partial charge in [-0.15, -0.1) is 0 Å². The highest BCUT2D eigenvalue weighted by atomic mass is 19.1. The Morgan fingerprint density at radius 3 is 2.65 bits per heavy atom. The highest BCUT2D eigenvalue weighted by Crippen LogP contribution is 2.21. The lowest BCUT2D eigenvalue weighted by atomic mass is 9.99. The Morgan fingerprint density at radius 2 is 2.05 bits per heavy atom. The molecule has 0 saturated carbocycles. The summed E-state index contributed by atoms with van der Waals surface area (Å²) >= 11 is 0. The Morgan fingerprint density at radius 1 is 1.30 bits per heavy atom. The van der Waals surface area contributed by atoms with E-state index in [0.717, 1.165) is 29.8 Å². The summed E-state index contributed by atoms with van der Waals surface area (Å²) in [5.74, 6) is -0.179. The van der Waals surface area contributed by atoms with Crippen molar-refractivity contribution < 1.29 is 4.39 Å². The summed E-state index contributed by atoms with van der Waals surface area (Å²) in [6.45, 7) is 6.90. The molecule has 20 heavy (non-hydrogen) atoms. The van der Waals surface area contributed by atoms with E-state index in [-0.39, 0.29) is 11.9 Å². The SMILES string of the molecule is CCn1nc(C)cc1C(Cc1ccc(F)cc1C)NC. The first kappa shape index (κ1) is 14.7. The molecule has 1 unspecified atom stereocenters. The van der Waals surface area contributed by atoms with Gasteiger partial charge in [-0.1, -0.05) is 6.07 Å². The van der Waals surface area contributed by atoms with E-state index in [9.17, 15) is 4.39 Å². The molecule has 108 valence electrons. The van der Waals surface area contributed by atoms with Gasteiger partial charge < -0.3 is 5.32 Å². The Labute approximate surface area is 119 Å². The van der Waals surface area contributed by atoms with Crippen molar-refractivity contribution in [3.8, 4) is 0 Å². The highest BCUT2D eigenvalue weighted by molar-refractivity contribution is 5.29. The van der Waals surface area contributed by atoms with Gasteiger partial charge in [0.25, 0.3) is 0 Å². The molecule has 1 heterocycles. The zero-order valence-corrected chi connectivity index (χ0v) is 12.6. The largest absolute Gasteiger partial charge is 0.311 e. The molecule has 0 aliphatic carbocycles. The number of benzene rings is 1. The molecular formula is C16H22FN3. The molecule has 0 amide bonds. The van der Waals surface area contributed by atoms with Crippen molar-refractivity contribution in [2.45, 2.75) is 39.8 Å². The van der Waals surface area contributed by atoms with Crippen LogP contribution in [0.1, 0.15) is 35.5 Å². The number of aryl methyl sites for hydroxylation is 3. The van der Waals surface area contributed by atoms with Crippen molar-refractivity contribution in [1.29, 1.82) is 0 Å². The summed E-state index contributed by atoms with van der Waals surface area (Å²) < 4.78 is 15.2. The predicted molar refractivity (Wildman–Crippen MR) is 79.3 cm³/mol. The molecular weight excluding hydrogens is 253 g/mol. The first-order valence-corrected chi connectivity index (χ1v) is 7.01. The van der Waals surface area contributed by atoms with Crippen LogP contribution in [-0.2, 0) is 13.0 Å². The summed E-state index contributed by atoms with van der Waals surface area (Å²) in [5.41, 5.74) is 4.35. The van der Waals surface area contributed by atoms with Crippen molar-refractivity contribution in [2.75, 3.05) is 7.05 Å². The summed E-state index contributed by atoms with van der Waals surface area (Å²) in [4.78, 5) is 0. The van der Waals surface area contributed by atoms with E-state index in [0.29, 0.717) is 0 Å². The third kappa shape index (κ3) is 3.07. The summed E-state index contributed by atoms with van der Waals surface area (Å²) in [6, 6.07) is 7.28. The molecule has 3 nitrogen and oxygen atoms in total. The van der Waals surface area contributed by atoms with E-state index in [2.05, 4.69) is 23.4 Å². The van der Waals surface area contributed by atoms with Crippen LogP contribution in [0.5, 0.6) is 0 Å². The topological polar surface area (TPSA) is 29.9 Å². The Kier molecular flexibility index (Phi) is 4.55. The van der Waals surface area contributed by atoms with Crippen molar-refractivity contribution in [1.82, 2.24) is 15.1 Å². The quantitative estimate of drug-likeness (QED) is 0.908. The Balaban J connectivity index is 2.28. The van der Waals surface area contributed by atoms with Gasteiger partial charge in [-0.05, 0) is 63.6 Å². The number of halogens is 1. The number of aromatic nitrogens is 2. The number of nitrogens with one attached hydrogen (secondary N) is 1. The lowest BCUT2D eigenvalue weighted by Crippen LogP contribution is -2.22. The molecule has 0 spiro atoms. The van der Waals surface area contributed by atoms with Gasteiger partial charge in [-0.25, -0.2) is 4.39 Å². The van der Waals surface area contributed by atoms with Crippen molar-refractivity contribution >= 4 is 0 Å². The van der Waals surface area contributed by atoms with Crippen LogP contribution in [0.4, 0.5) is 4.39 Å². The molecule has 1 N–H and O–H groups in total. The molecule has 4 heteroatoms. The molecule has 0 radical (unpaired) electrons. The van der Waals surface area contributed by atoms with Gasteiger partial charge in [-0.3, -0.25) is 4.68 Å². The van der Waals surface area contributed by atoms with Gasteiger partial charge in [0.05, 0.1) is 17.4 Å². The lowest BCUT2D eigenvalue weighted by Gasteiger charge is -2.18. The van der Waals surface area contributed by atoms with Crippen molar-refractivity contribution in [2.24, 2.45) is 0 Å². The molecule has 0 fully saturated rings. The van der Waals surface area contributed by atoms with Gasteiger partial charge in [0.1, 0.15) is 5.82 Å². The number of nitrogens with zero attached hydrogens (tertiary/aromatic N) is 2. The minimum atomic E-state index is -0.179. The maximum Gasteiger partial charge on any atom is 0.123 e. The number of hydrogen-bond donors (Lipinski definition) is 1. The third-order valence-electron chi connectivity index (χ3n) is 3.67. The number of rotatable bonds is 5. The second kappa shape index (κ2) is 6.18. The second-order valence-electron chi connectivity index (χ2n) is 5.14. The molecule has 0 saturated heterocycles. The fourth-order valence-corrected chi connectivity index (χ4v) is 2.56. The normalized spacial score (nSPS) is 12.7. The molecule has 2 aromatic rings. The van der Waals surface area contributed by atoms with E-state index in [1.165, 1.54) is 11.8 Å². The Bertz CT molecular complexity index is 589. The van der Waals surface area contributed by atoms with Crippen LogP contribution >= 0.6 is 0 Å². The van der Waals surface area contributed by atoms with Crippen LogP contribution in [0.15, 0.2) is 24.3 Å². The summed E-state index contributed by atoms with van der Waals surface area (Å²) in [7, 11) is 1.95. The zero-order chi connectivity index (χ0) is 14.7. The Hall–Kier alpha value is -1.68.